The minimum absolute atomic E-state index is 0.0604. The number of amides is 1. The van der Waals surface area contributed by atoms with Crippen molar-refractivity contribution in [3.8, 4) is 11.4 Å². The molecule has 6 heteroatoms. The Morgan fingerprint density at radius 2 is 1.78 bits per heavy atom. The van der Waals surface area contributed by atoms with Crippen molar-refractivity contribution in [1.82, 2.24) is 15.2 Å². The number of nitrogens with zero attached hydrogens (tertiary/aromatic N) is 2. The summed E-state index contributed by atoms with van der Waals surface area (Å²) in [5.41, 5.74) is 4.16. The Bertz CT molecular complexity index is 918. The number of carbonyl (C=O) groups excluding carboxylic acids is 1. The van der Waals surface area contributed by atoms with E-state index in [-0.39, 0.29) is 11.2 Å². The molecule has 0 spiro atoms. The highest BCUT2D eigenvalue weighted by atomic mass is 32.2. The lowest BCUT2D eigenvalue weighted by Crippen LogP contribution is -2.23. The van der Waals surface area contributed by atoms with Crippen molar-refractivity contribution in [1.29, 1.82) is 0 Å². The molecule has 0 saturated heterocycles. The Hall–Kier alpha value is -2.60. The topological polar surface area (TPSA) is 70.7 Å². The first-order valence-corrected chi connectivity index (χ1v) is 9.88. The lowest BCUT2D eigenvalue weighted by atomic mass is 10.0. The maximum absolute atomic E-state index is 12.6. The molecule has 0 bridgehead atoms. The number of H-pyrrole nitrogens is 1. The molecule has 1 amide bonds. The highest BCUT2D eigenvalue weighted by molar-refractivity contribution is 8.00. The number of aromatic nitrogens is 3. The van der Waals surface area contributed by atoms with Crippen molar-refractivity contribution >= 4 is 23.4 Å². The van der Waals surface area contributed by atoms with Crippen LogP contribution in [-0.2, 0) is 4.79 Å². The maximum atomic E-state index is 12.6. The van der Waals surface area contributed by atoms with Crippen LogP contribution in [0.25, 0.3) is 11.4 Å². The monoisotopic (exact) mass is 380 g/mol. The van der Waals surface area contributed by atoms with E-state index in [9.17, 15) is 4.79 Å². The van der Waals surface area contributed by atoms with Crippen molar-refractivity contribution < 1.29 is 4.79 Å². The fraction of sp³-hybridized carbons (Fsp3) is 0.286. The maximum Gasteiger partial charge on any atom is 0.237 e. The molecule has 1 aromatic heterocycles. The van der Waals surface area contributed by atoms with Crippen LogP contribution in [0.1, 0.15) is 37.8 Å². The van der Waals surface area contributed by atoms with Crippen molar-refractivity contribution in [2.45, 2.75) is 44.0 Å². The standard InChI is InChI=1S/C21H24N4OS/c1-13(2)17-7-5-6-8-18(17)22-20(26)15(4)27-21-23-19(24-25-21)16-11-9-14(3)10-12-16/h5-13,15H,1-4H3,(H,22,26)(H,23,24,25)/t15-/m0/s1. The average molecular weight is 381 g/mol. The van der Waals surface area contributed by atoms with E-state index in [4.69, 9.17) is 0 Å². The van der Waals surface area contributed by atoms with Gasteiger partial charge in [0, 0.05) is 11.3 Å². The second kappa shape index (κ2) is 8.39. The fourth-order valence-electron chi connectivity index (χ4n) is 2.70. The van der Waals surface area contributed by atoms with Gasteiger partial charge >= 0.3 is 0 Å². The molecule has 3 aromatic rings. The molecule has 0 aliphatic rings. The van der Waals surface area contributed by atoms with Gasteiger partial charge in [0.05, 0.1) is 5.25 Å². The number of thioether (sulfide) groups is 1. The molecule has 1 atom stereocenters. The van der Waals surface area contributed by atoms with Crippen LogP contribution in [0.4, 0.5) is 5.69 Å². The van der Waals surface area contributed by atoms with E-state index in [0.717, 1.165) is 16.8 Å². The summed E-state index contributed by atoms with van der Waals surface area (Å²) in [5.74, 6) is 0.986. The molecule has 0 aliphatic heterocycles. The lowest BCUT2D eigenvalue weighted by molar-refractivity contribution is -0.115. The summed E-state index contributed by atoms with van der Waals surface area (Å²) in [7, 11) is 0. The van der Waals surface area contributed by atoms with Gasteiger partial charge < -0.3 is 5.32 Å². The smallest absolute Gasteiger partial charge is 0.237 e. The zero-order chi connectivity index (χ0) is 19.4. The molecule has 5 nitrogen and oxygen atoms in total. The Morgan fingerprint density at radius 3 is 2.48 bits per heavy atom. The van der Waals surface area contributed by atoms with Crippen LogP contribution in [0.2, 0.25) is 0 Å². The SMILES string of the molecule is Cc1ccc(-c2nc(S[C@@H](C)C(=O)Nc3ccccc3C(C)C)n[nH]2)cc1. The van der Waals surface area contributed by atoms with Crippen molar-refractivity contribution in [3.05, 3.63) is 59.7 Å². The predicted octanol–water partition coefficient (Wildman–Crippen LogP) is 5.02. The summed E-state index contributed by atoms with van der Waals surface area (Å²) >= 11 is 1.34. The van der Waals surface area contributed by atoms with E-state index in [1.165, 1.54) is 17.3 Å². The van der Waals surface area contributed by atoms with Crippen LogP contribution >= 0.6 is 11.8 Å². The Balaban J connectivity index is 1.66. The summed E-state index contributed by atoms with van der Waals surface area (Å²) in [4.78, 5) is 17.1. The third-order valence-electron chi connectivity index (χ3n) is 4.28. The Kier molecular flexibility index (Phi) is 5.96. The van der Waals surface area contributed by atoms with E-state index >= 15 is 0 Å². The van der Waals surface area contributed by atoms with Gasteiger partial charge in [0.15, 0.2) is 5.82 Å². The first kappa shape index (κ1) is 19.2. The van der Waals surface area contributed by atoms with Crippen molar-refractivity contribution in [2.75, 3.05) is 5.32 Å². The Labute approximate surface area is 164 Å². The van der Waals surface area contributed by atoms with E-state index in [1.54, 1.807) is 0 Å². The average Bonchev–Trinajstić information content (AvgIpc) is 3.11. The number of hydrogen-bond donors (Lipinski definition) is 2. The molecule has 3 rings (SSSR count). The third kappa shape index (κ3) is 4.77. The molecule has 1 heterocycles. The van der Waals surface area contributed by atoms with Gasteiger partial charge in [0.2, 0.25) is 11.1 Å². The van der Waals surface area contributed by atoms with Crippen LogP contribution in [0, 0.1) is 6.92 Å². The van der Waals surface area contributed by atoms with Gasteiger partial charge in [-0.25, -0.2) is 4.98 Å². The van der Waals surface area contributed by atoms with Crippen molar-refractivity contribution in [3.63, 3.8) is 0 Å². The van der Waals surface area contributed by atoms with E-state index in [1.807, 2.05) is 62.4 Å². The van der Waals surface area contributed by atoms with Gasteiger partial charge in [-0.15, -0.1) is 5.10 Å². The van der Waals surface area contributed by atoms with Gasteiger partial charge in [-0.3, -0.25) is 9.89 Å². The third-order valence-corrected chi connectivity index (χ3v) is 5.24. The molecule has 2 aromatic carbocycles. The number of aryl methyl sites for hydroxylation is 1. The van der Waals surface area contributed by atoms with Gasteiger partial charge in [-0.1, -0.05) is 73.6 Å². The normalized spacial score (nSPS) is 12.2. The Morgan fingerprint density at radius 1 is 1.07 bits per heavy atom. The molecule has 140 valence electrons. The van der Waals surface area contributed by atoms with Crippen LogP contribution in [-0.4, -0.2) is 26.3 Å². The van der Waals surface area contributed by atoms with Crippen LogP contribution in [0.3, 0.4) is 0 Å². The zero-order valence-electron chi connectivity index (χ0n) is 16.0. The van der Waals surface area contributed by atoms with Gasteiger partial charge in [-0.2, -0.15) is 0 Å². The fourth-order valence-corrected chi connectivity index (χ4v) is 3.42. The molecule has 0 unspecified atom stereocenters. The predicted molar refractivity (Wildman–Crippen MR) is 111 cm³/mol. The molecular formula is C21H24N4OS. The molecule has 27 heavy (non-hydrogen) atoms. The van der Waals surface area contributed by atoms with E-state index in [2.05, 4.69) is 34.3 Å². The summed E-state index contributed by atoms with van der Waals surface area (Å²) in [6.07, 6.45) is 0. The number of anilines is 1. The lowest BCUT2D eigenvalue weighted by Gasteiger charge is -2.15. The second-order valence-electron chi connectivity index (χ2n) is 6.82. The summed E-state index contributed by atoms with van der Waals surface area (Å²) < 4.78 is 0. The molecule has 0 fully saturated rings. The summed E-state index contributed by atoms with van der Waals surface area (Å²) in [5, 5.41) is 10.5. The van der Waals surface area contributed by atoms with Gasteiger partial charge in [0.25, 0.3) is 0 Å². The number of rotatable bonds is 6. The van der Waals surface area contributed by atoms with E-state index < -0.39 is 0 Å². The molecule has 0 radical (unpaired) electrons. The number of hydrogen-bond acceptors (Lipinski definition) is 4. The number of nitrogens with one attached hydrogen (secondary N) is 2. The van der Waals surface area contributed by atoms with E-state index in [0.29, 0.717) is 16.9 Å². The molecule has 2 N–H and O–H groups in total. The summed E-state index contributed by atoms with van der Waals surface area (Å²) in [6, 6.07) is 16.0. The highest BCUT2D eigenvalue weighted by Gasteiger charge is 2.19. The molecular weight excluding hydrogens is 356 g/mol. The largest absolute Gasteiger partial charge is 0.325 e. The first-order chi connectivity index (χ1) is 12.9. The van der Waals surface area contributed by atoms with Crippen LogP contribution in [0.5, 0.6) is 0 Å². The number of aromatic amines is 1. The number of carbonyl (C=O) groups is 1. The van der Waals surface area contributed by atoms with Crippen LogP contribution < -0.4 is 5.32 Å². The minimum Gasteiger partial charge on any atom is -0.325 e. The highest BCUT2D eigenvalue weighted by Crippen LogP contribution is 2.27. The van der Waals surface area contributed by atoms with Gasteiger partial charge in [0.1, 0.15) is 0 Å². The van der Waals surface area contributed by atoms with Crippen LogP contribution in [0.15, 0.2) is 53.7 Å². The first-order valence-electron chi connectivity index (χ1n) is 9.00. The molecule has 0 saturated carbocycles. The second-order valence-corrected chi connectivity index (χ2v) is 8.13. The van der Waals surface area contributed by atoms with Crippen molar-refractivity contribution in [2.24, 2.45) is 0 Å². The molecule has 0 aliphatic carbocycles. The minimum atomic E-state index is -0.313. The summed E-state index contributed by atoms with van der Waals surface area (Å²) in [6.45, 7) is 8.13. The number of benzene rings is 2. The zero-order valence-corrected chi connectivity index (χ0v) is 16.8. The quantitative estimate of drug-likeness (QED) is 0.589. The number of para-hydroxylation sites is 1. The van der Waals surface area contributed by atoms with Gasteiger partial charge in [-0.05, 0) is 31.4 Å².